The van der Waals surface area contributed by atoms with Crippen molar-refractivity contribution in [1.82, 2.24) is 0 Å². The lowest BCUT2D eigenvalue weighted by molar-refractivity contribution is -0.229. The maximum atomic E-state index is 8.64. The lowest BCUT2D eigenvalue weighted by Crippen LogP contribution is -2.54. The number of aliphatic hydroxyl groups excluding tert-OH is 1. The molecular weight excluding hydrogens is 128 g/mol. The Labute approximate surface area is 62.2 Å². The highest BCUT2D eigenvalue weighted by Gasteiger charge is 2.46. The number of aliphatic hydroxyl groups is 1. The highest BCUT2D eigenvalue weighted by atomic mass is 16.5. The van der Waals surface area contributed by atoms with Crippen LogP contribution >= 0.6 is 0 Å². The first-order chi connectivity index (χ1) is 4.59. The van der Waals surface area contributed by atoms with E-state index in [1.165, 1.54) is 0 Å². The van der Waals surface area contributed by atoms with Crippen LogP contribution in [-0.2, 0) is 4.74 Å². The summed E-state index contributed by atoms with van der Waals surface area (Å²) in [6.45, 7) is 6.68. The van der Waals surface area contributed by atoms with Gasteiger partial charge in [0.1, 0.15) is 0 Å². The molecule has 0 aromatic rings. The molecule has 0 radical (unpaired) electrons. The van der Waals surface area contributed by atoms with E-state index < -0.39 is 0 Å². The van der Waals surface area contributed by atoms with Crippen LogP contribution in [0.1, 0.15) is 27.2 Å². The van der Waals surface area contributed by atoms with Crippen LogP contribution in [-0.4, -0.2) is 23.9 Å². The topological polar surface area (TPSA) is 29.5 Å². The van der Waals surface area contributed by atoms with Crippen molar-refractivity contribution in [2.45, 2.75) is 39.4 Å². The molecule has 0 saturated carbocycles. The second kappa shape index (κ2) is 2.51. The minimum atomic E-state index is 0.237. The molecule has 0 aromatic carbocycles. The van der Waals surface area contributed by atoms with Gasteiger partial charge in [0.25, 0.3) is 0 Å². The van der Waals surface area contributed by atoms with Gasteiger partial charge in [0.05, 0.1) is 12.2 Å². The SMILES string of the molecule is CC1OC(CCO)C1(C)C. The predicted molar refractivity (Wildman–Crippen MR) is 39.8 cm³/mol. The van der Waals surface area contributed by atoms with Crippen LogP contribution in [0.5, 0.6) is 0 Å². The van der Waals surface area contributed by atoms with Crippen LogP contribution in [0.15, 0.2) is 0 Å². The van der Waals surface area contributed by atoms with Crippen molar-refractivity contribution in [1.29, 1.82) is 0 Å². The molecule has 1 aliphatic rings. The number of ether oxygens (including phenoxy) is 1. The molecular formula is C8H16O2. The molecule has 2 atom stereocenters. The van der Waals surface area contributed by atoms with Gasteiger partial charge in [-0.25, -0.2) is 0 Å². The Bertz CT molecular complexity index is 118. The van der Waals surface area contributed by atoms with E-state index in [1.807, 2.05) is 0 Å². The van der Waals surface area contributed by atoms with Crippen molar-refractivity contribution in [3.05, 3.63) is 0 Å². The van der Waals surface area contributed by atoms with Gasteiger partial charge in [-0.15, -0.1) is 0 Å². The fourth-order valence-electron chi connectivity index (χ4n) is 1.34. The molecule has 1 fully saturated rings. The van der Waals surface area contributed by atoms with Gasteiger partial charge in [-0.1, -0.05) is 13.8 Å². The maximum absolute atomic E-state index is 8.64. The van der Waals surface area contributed by atoms with Gasteiger partial charge >= 0.3 is 0 Å². The van der Waals surface area contributed by atoms with Gasteiger partial charge in [0, 0.05) is 12.0 Å². The highest BCUT2D eigenvalue weighted by Crippen LogP contribution is 2.41. The van der Waals surface area contributed by atoms with Crippen LogP contribution in [0, 0.1) is 5.41 Å². The Morgan fingerprint density at radius 3 is 2.40 bits per heavy atom. The molecule has 0 aliphatic carbocycles. The molecule has 0 aromatic heterocycles. The van der Waals surface area contributed by atoms with Crippen molar-refractivity contribution in [3.8, 4) is 0 Å². The van der Waals surface area contributed by atoms with Crippen molar-refractivity contribution in [3.63, 3.8) is 0 Å². The maximum Gasteiger partial charge on any atom is 0.0676 e. The summed E-state index contributed by atoms with van der Waals surface area (Å²) < 4.78 is 5.43. The third-order valence-corrected chi connectivity index (χ3v) is 2.64. The highest BCUT2D eigenvalue weighted by molar-refractivity contribution is 4.93. The molecule has 0 amide bonds. The third-order valence-electron chi connectivity index (χ3n) is 2.64. The van der Waals surface area contributed by atoms with E-state index in [4.69, 9.17) is 9.84 Å². The van der Waals surface area contributed by atoms with Crippen molar-refractivity contribution in [2.75, 3.05) is 6.61 Å². The molecule has 1 N–H and O–H groups in total. The lowest BCUT2D eigenvalue weighted by atomic mass is 9.75. The second-order valence-electron chi connectivity index (χ2n) is 3.60. The molecule has 0 spiro atoms. The molecule has 1 rings (SSSR count). The van der Waals surface area contributed by atoms with Crippen LogP contribution < -0.4 is 0 Å². The number of hydrogen-bond donors (Lipinski definition) is 1. The van der Waals surface area contributed by atoms with Gasteiger partial charge in [0.15, 0.2) is 0 Å². The van der Waals surface area contributed by atoms with E-state index in [2.05, 4.69) is 20.8 Å². The minimum absolute atomic E-state index is 0.237. The van der Waals surface area contributed by atoms with Crippen LogP contribution in [0.4, 0.5) is 0 Å². The monoisotopic (exact) mass is 144 g/mol. The molecule has 1 aliphatic heterocycles. The summed E-state index contributed by atoms with van der Waals surface area (Å²) >= 11 is 0. The van der Waals surface area contributed by atoms with Gasteiger partial charge in [-0.3, -0.25) is 0 Å². The van der Waals surface area contributed by atoms with Crippen molar-refractivity contribution in [2.24, 2.45) is 5.41 Å². The summed E-state index contributed by atoms with van der Waals surface area (Å²) in [4.78, 5) is 0. The van der Waals surface area contributed by atoms with Crippen molar-refractivity contribution < 1.29 is 9.84 Å². The Morgan fingerprint density at radius 2 is 2.10 bits per heavy atom. The molecule has 1 heterocycles. The molecule has 2 nitrogen and oxygen atoms in total. The summed E-state index contributed by atoms with van der Waals surface area (Å²) in [5, 5.41) is 8.64. The zero-order valence-electron chi connectivity index (χ0n) is 6.92. The van der Waals surface area contributed by atoms with E-state index in [1.54, 1.807) is 0 Å². The van der Waals surface area contributed by atoms with Crippen LogP contribution in [0.3, 0.4) is 0 Å². The quantitative estimate of drug-likeness (QED) is 0.630. The van der Waals surface area contributed by atoms with E-state index in [0.717, 1.165) is 6.42 Å². The zero-order valence-corrected chi connectivity index (χ0v) is 6.92. The average molecular weight is 144 g/mol. The summed E-state index contributed by atoms with van der Waals surface area (Å²) in [6.07, 6.45) is 1.40. The summed E-state index contributed by atoms with van der Waals surface area (Å²) in [6, 6.07) is 0. The summed E-state index contributed by atoms with van der Waals surface area (Å²) in [5.41, 5.74) is 0.267. The number of rotatable bonds is 2. The molecule has 0 bridgehead atoms. The van der Waals surface area contributed by atoms with E-state index in [9.17, 15) is 0 Å². The zero-order chi connectivity index (χ0) is 7.78. The Hall–Kier alpha value is -0.0800. The fourth-order valence-corrected chi connectivity index (χ4v) is 1.34. The largest absolute Gasteiger partial charge is 0.396 e. The van der Waals surface area contributed by atoms with Gasteiger partial charge in [-0.2, -0.15) is 0 Å². The number of hydrogen-bond acceptors (Lipinski definition) is 2. The molecule has 1 saturated heterocycles. The first-order valence-electron chi connectivity index (χ1n) is 3.85. The van der Waals surface area contributed by atoms with E-state index in [0.29, 0.717) is 6.10 Å². The molecule has 2 unspecified atom stereocenters. The molecule has 60 valence electrons. The van der Waals surface area contributed by atoms with Gasteiger partial charge in [-0.05, 0) is 13.3 Å². The van der Waals surface area contributed by atoms with Crippen LogP contribution in [0.2, 0.25) is 0 Å². The standard InChI is InChI=1S/C8H16O2/c1-6-8(2,3)7(10-6)4-5-9/h6-7,9H,4-5H2,1-3H3. The Balaban J connectivity index is 2.39. The molecule has 2 heteroatoms. The van der Waals surface area contributed by atoms with E-state index in [-0.39, 0.29) is 18.1 Å². The van der Waals surface area contributed by atoms with Crippen molar-refractivity contribution >= 4 is 0 Å². The Morgan fingerprint density at radius 1 is 1.50 bits per heavy atom. The smallest absolute Gasteiger partial charge is 0.0676 e. The first kappa shape index (κ1) is 8.02. The average Bonchev–Trinajstić information content (AvgIpc) is 1.88. The van der Waals surface area contributed by atoms with Crippen LogP contribution in [0.25, 0.3) is 0 Å². The minimum Gasteiger partial charge on any atom is -0.396 e. The summed E-state index contributed by atoms with van der Waals surface area (Å²) in [7, 11) is 0. The van der Waals surface area contributed by atoms with Gasteiger partial charge < -0.3 is 9.84 Å². The third kappa shape index (κ3) is 1.06. The van der Waals surface area contributed by atoms with E-state index >= 15 is 0 Å². The Kier molecular flexibility index (Phi) is 2.02. The predicted octanol–water partition coefficient (Wildman–Crippen LogP) is 1.18. The van der Waals surface area contributed by atoms with Gasteiger partial charge in [0.2, 0.25) is 0 Å². The normalized spacial score (nSPS) is 37.2. The summed E-state index contributed by atoms with van der Waals surface area (Å²) in [5.74, 6) is 0. The fraction of sp³-hybridized carbons (Fsp3) is 1.00. The first-order valence-corrected chi connectivity index (χ1v) is 3.85. The lowest BCUT2D eigenvalue weighted by Gasteiger charge is -2.50. The second-order valence-corrected chi connectivity index (χ2v) is 3.60. The molecule has 10 heavy (non-hydrogen) atoms.